The van der Waals surface area contributed by atoms with Crippen LogP contribution in [0.4, 0.5) is 22.7 Å². The number of hydrogen-bond acceptors (Lipinski definition) is 17. The number of pyridine rings is 4. The number of anilines is 4. The van der Waals surface area contributed by atoms with Gasteiger partial charge in [0.2, 0.25) is 17.7 Å². The lowest BCUT2D eigenvalue weighted by Gasteiger charge is -2.37. The van der Waals surface area contributed by atoms with E-state index in [2.05, 4.69) is 46.3 Å². The molecular formula is C50H53N14O8S2+. The first-order valence-corrected chi connectivity index (χ1v) is 25.3. The molecule has 0 aromatic carbocycles. The Balaban J connectivity index is 0.895. The minimum atomic E-state index is -0.464. The highest BCUT2D eigenvalue weighted by Crippen LogP contribution is 2.37. The summed E-state index contributed by atoms with van der Waals surface area (Å²) in [5.74, 6) is -0.699. The quantitative estimate of drug-likeness (QED) is 0.0916. The molecule has 382 valence electrons. The molecule has 2 fully saturated rings. The second-order valence-electron chi connectivity index (χ2n) is 18.5. The molecule has 2 aliphatic rings. The van der Waals surface area contributed by atoms with Crippen molar-refractivity contribution in [1.29, 1.82) is 0 Å². The van der Waals surface area contributed by atoms with Crippen molar-refractivity contribution >= 4 is 78.7 Å². The number of carbonyl (C=O) groups is 4. The van der Waals surface area contributed by atoms with Gasteiger partial charge in [-0.3, -0.25) is 38.9 Å². The second-order valence-corrected chi connectivity index (χ2v) is 20.5. The zero-order chi connectivity index (χ0) is 51.7. The maximum Gasteiger partial charge on any atom is 0.307 e. The number of carbonyl (C=O) groups excluding carboxylic acids is 4. The van der Waals surface area contributed by atoms with Crippen LogP contribution in [-0.2, 0) is 19.1 Å². The molecule has 2 saturated heterocycles. The van der Waals surface area contributed by atoms with Crippen LogP contribution in [0.15, 0.2) is 86.0 Å². The van der Waals surface area contributed by atoms with Crippen molar-refractivity contribution in [1.82, 2.24) is 43.9 Å². The average Bonchev–Trinajstić information content (AvgIpc) is 4.16. The van der Waals surface area contributed by atoms with Crippen LogP contribution in [0.3, 0.4) is 0 Å². The standard InChI is InChI=1S/C50H52N14O8S2/c1-29-22-60(13-15-70-29)26-42(65)56-32-18-39(31(3)54-19-32)59-45(68)37-23-64(63-25-41(74-49(37)63)34-9-7-11-51-46(34)69-6)72-47-35(10-8-12-52-47)40-24-62-48(73-40)36(21-55-62)44(67)58-38-17-33(20-53-30(38)2)57-43(66)27-61-14-16-71-50(4,5)28-61/h7-12,17-21,23-25,29H,13-16,22,26-28H2,1-6H3,(H3-,56,57,58,59,65,66,67,68)/p+1/t29-/m1/s1. The molecule has 0 unspecified atom stereocenters. The summed E-state index contributed by atoms with van der Waals surface area (Å²) in [6, 6.07) is 10.6. The van der Waals surface area contributed by atoms with Crippen LogP contribution in [-0.4, -0.2) is 139 Å². The molecule has 8 aromatic heterocycles. The highest BCUT2D eigenvalue weighted by atomic mass is 32.1. The topological polar surface area (TPSA) is 237 Å². The van der Waals surface area contributed by atoms with Gasteiger partial charge in [0.1, 0.15) is 9.68 Å². The molecule has 1 atom stereocenters. The van der Waals surface area contributed by atoms with Gasteiger partial charge in [-0.1, -0.05) is 4.52 Å². The van der Waals surface area contributed by atoms with Gasteiger partial charge in [-0.2, -0.15) is 9.94 Å². The summed E-state index contributed by atoms with van der Waals surface area (Å²) in [6.07, 6.45) is 13.0. The smallest absolute Gasteiger partial charge is 0.307 e. The Morgan fingerprint density at radius 3 is 2.04 bits per heavy atom. The van der Waals surface area contributed by atoms with E-state index in [-0.39, 0.29) is 48.1 Å². The summed E-state index contributed by atoms with van der Waals surface area (Å²) in [7, 11) is 1.54. The van der Waals surface area contributed by atoms with Gasteiger partial charge in [-0.05, 0) is 71.0 Å². The van der Waals surface area contributed by atoms with Crippen molar-refractivity contribution in [3.8, 4) is 32.6 Å². The van der Waals surface area contributed by atoms with Crippen molar-refractivity contribution in [2.45, 2.75) is 46.3 Å². The van der Waals surface area contributed by atoms with E-state index < -0.39 is 11.8 Å². The van der Waals surface area contributed by atoms with Crippen LogP contribution in [0.25, 0.3) is 30.5 Å². The largest absolute Gasteiger partial charge is 0.481 e. The van der Waals surface area contributed by atoms with E-state index in [0.29, 0.717) is 111 Å². The zero-order valence-corrected chi connectivity index (χ0v) is 43.0. The van der Waals surface area contributed by atoms with Crippen LogP contribution in [0, 0.1) is 13.8 Å². The Morgan fingerprint density at radius 1 is 0.770 bits per heavy atom. The predicted octanol–water partition coefficient (Wildman–Crippen LogP) is 5.59. The van der Waals surface area contributed by atoms with Crippen molar-refractivity contribution < 1.29 is 43.1 Å². The SMILES string of the molecule is COc1ncccc1-c1cn2c(s1)c(C(=O)Nc1cc(NC(=O)CN3CCO[C@H](C)C3)cnc1C)c[n+]2Oc1ncccc1-c1cn2ncc(C(=O)Nc3cc(NC(=O)CN4CCOC(C)(C)C4)cnc3C)c2s1. The van der Waals surface area contributed by atoms with Gasteiger partial charge in [-0.15, -0.1) is 22.7 Å². The van der Waals surface area contributed by atoms with E-state index in [1.807, 2.05) is 48.9 Å². The Labute approximate surface area is 432 Å². The molecule has 0 aliphatic carbocycles. The monoisotopic (exact) mass is 1040 g/mol. The number of amides is 4. The average molecular weight is 1040 g/mol. The van der Waals surface area contributed by atoms with Crippen molar-refractivity contribution in [2.75, 3.05) is 80.9 Å². The van der Waals surface area contributed by atoms with Gasteiger partial charge >= 0.3 is 5.88 Å². The van der Waals surface area contributed by atoms with Crippen LogP contribution in [0.2, 0.25) is 0 Å². The van der Waals surface area contributed by atoms with Gasteiger partial charge < -0.3 is 35.5 Å². The van der Waals surface area contributed by atoms with Gasteiger partial charge in [0, 0.05) is 44.8 Å². The summed E-state index contributed by atoms with van der Waals surface area (Å²) in [5, 5.41) is 16.3. The summed E-state index contributed by atoms with van der Waals surface area (Å²) < 4.78 is 20.3. The minimum Gasteiger partial charge on any atom is -0.481 e. The van der Waals surface area contributed by atoms with Gasteiger partial charge in [0.05, 0.1) is 130 Å². The number of aryl methyl sites for hydroxylation is 2. The van der Waals surface area contributed by atoms with Crippen LogP contribution < -0.4 is 35.7 Å². The maximum absolute atomic E-state index is 14.4. The van der Waals surface area contributed by atoms with E-state index in [9.17, 15) is 19.2 Å². The second kappa shape index (κ2) is 21.0. The molecular weight excluding hydrogens is 989 g/mol. The van der Waals surface area contributed by atoms with E-state index >= 15 is 0 Å². The first kappa shape index (κ1) is 49.8. The third-order valence-electron chi connectivity index (χ3n) is 12.3. The first-order valence-electron chi connectivity index (χ1n) is 23.7. The van der Waals surface area contributed by atoms with Gasteiger partial charge in [0.25, 0.3) is 18.0 Å². The molecule has 74 heavy (non-hydrogen) atoms. The molecule has 4 N–H and O–H groups in total. The number of nitrogens with zero attached hydrogens (tertiary/aromatic N) is 10. The number of aromatic nitrogens is 8. The Bertz CT molecular complexity index is 3440. The fourth-order valence-corrected chi connectivity index (χ4v) is 10.9. The fraction of sp³-hybridized carbons (Fsp3) is 0.320. The summed E-state index contributed by atoms with van der Waals surface area (Å²) >= 11 is 2.64. The highest BCUT2D eigenvalue weighted by molar-refractivity contribution is 7.21. The molecule has 10 heterocycles. The molecule has 2 aliphatic heterocycles. The van der Waals surface area contributed by atoms with Crippen LogP contribution in [0.1, 0.15) is 52.9 Å². The third-order valence-corrected chi connectivity index (χ3v) is 14.6. The normalized spacial score (nSPS) is 16.0. The lowest BCUT2D eigenvalue weighted by molar-refractivity contribution is -0.925. The number of methoxy groups -OCH3 is 1. The third kappa shape index (κ3) is 10.9. The summed E-state index contributed by atoms with van der Waals surface area (Å²) in [5.41, 5.74) is 4.33. The van der Waals surface area contributed by atoms with Crippen molar-refractivity contribution in [3.63, 3.8) is 0 Å². The molecule has 0 saturated carbocycles. The number of nitrogens with one attached hydrogen (secondary N) is 4. The van der Waals surface area contributed by atoms with E-state index in [4.69, 9.17) is 19.0 Å². The number of morpholine rings is 2. The Morgan fingerprint density at radius 2 is 1.38 bits per heavy atom. The molecule has 24 heteroatoms. The molecule has 10 rings (SSSR count). The predicted molar refractivity (Wildman–Crippen MR) is 277 cm³/mol. The Kier molecular flexibility index (Phi) is 14.1. The lowest BCUT2D eigenvalue weighted by atomic mass is 10.1. The Hall–Kier alpha value is -7.74. The number of thiazole rings is 2. The number of fused-ring (bicyclic) bond motifs is 2. The highest BCUT2D eigenvalue weighted by Gasteiger charge is 2.31. The molecule has 0 radical (unpaired) electrons. The molecule has 8 aromatic rings. The van der Waals surface area contributed by atoms with Crippen molar-refractivity contribution in [3.05, 3.63) is 108 Å². The van der Waals surface area contributed by atoms with E-state index in [1.165, 1.54) is 33.7 Å². The van der Waals surface area contributed by atoms with E-state index in [1.54, 1.807) is 91.4 Å². The fourth-order valence-electron chi connectivity index (χ4n) is 8.72. The molecule has 0 bridgehead atoms. The van der Waals surface area contributed by atoms with Crippen molar-refractivity contribution in [2.24, 2.45) is 0 Å². The molecule has 4 amide bonds. The zero-order valence-electron chi connectivity index (χ0n) is 41.4. The first-order chi connectivity index (χ1) is 35.7. The number of rotatable bonds is 15. The summed E-state index contributed by atoms with van der Waals surface area (Å²) in [6.45, 7) is 13.6. The van der Waals surface area contributed by atoms with Crippen LogP contribution >= 0.6 is 22.7 Å². The molecule has 22 nitrogen and oxygen atoms in total. The molecule has 0 spiro atoms. The maximum atomic E-state index is 14.4. The lowest BCUT2D eigenvalue weighted by Crippen LogP contribution is -2.50. The number of ether oxygens (including phenoxy) is 3. The van der Waals surface area contributed by atoms with Gasteiger partial charge in [0.15, 0.2) is 10.4 Å². The van der Waals surface area contributed by atoms with Crippen LogP contribution in [0.5, 0.6) is 11.8 Å². The van der Waals surface area contributed by atoms with E-state index in [0.717, 1.165) is 4.88 Å². The summed E-state index contributed by atoms with van der Waals surface area (Å²) in [4.78, 5) is 87.0. The number of hydrogen-bond donors (Lipinski definition) is 4. The minimum absolute atomic E-state index is 0.0370. The van der Waals surface area contributed by atoms with Gasteiger partial charge in [-0.25, -0.2) is 14.5 Å².